The number of carbonyl (C=O) groups is 1. The van der Waals surface area contributed by atoms with Crippen molar-refractivity contribution in [2.24, 2.45) is 5.92 Å². The summed E-state index contributed by atoms with van der Waals surface area (Å²) < 4.78 is 57.0. The molecule has 10 heteroatoms. The summed E-state index contributed by atoms with van der Waals surface area (Å²) in [7, 11) is -3.75. The molecule has 29 heavy (non-hydrogen) atoms. The molecule has 3 aliphatic heterocycles. The SMILES string of the molecule is O=C(NC1CO[C@H]2CN(S(=O)(=O)c3ccc(F)cc3)C[C@@H]2OC1)C1CCOCC1. The smallest absolute Gasteiger partial charge is 0.243 e. The van der Waals surface area contributed by atoms with Crippen molar-refractivity contribution in [1.29, 1.82) is 0 Å². The third-order valence-electron chi connectivity index (χ3n) is 5.59. The Morgan fingerprint density at radius 1 is 1.03 bits per heavy atom. The standard InChI is InChI=1S/C19H25FN2O6S/c20-14-1-3-16(4-2-14)29(24,25)22-9-17-18(10-22)28-12-15(11-27-17)21-19(23)13-5-7-26-8-6-13/h1-4,13,15,17-18H,5-12H2,(H,21,23)/t17-,18-/m0/s1. The monoisotopic (exact) mass is 428 g/mol. The van der Waals surface area contributed by atoms with Crippen LogP contribution in [-0.4, -0.2) is 76.4 Å². The number of benzene rings is 1. The highest BCUT2D eigenvalue weighted by Crippen LogP contribution is 2.26. The summed E-state index contributed by atoms with van der Waals surface area (Å²) in [6, 6.07) is 4.49. The Morgan fingerprint density at radius 3 is 2.21 bits per heavy atom. The Bertz CT molecular complexity index is 812. The van der Waals surface area contributed by atoms with Gasteiger partial charge in [-0.3, -0.25) is 4.79 Å². The molecular formula is C19H25FN2O6S. The van der Waals surface area contributed by atoms with Crippen molar-refractivity contribution in [2.75, 3.05) is 39.5 Å². The van der Waals surface area contributed by atoms with E-state index in [-0.39, 0.29) is 49.1 Å². The highest BCUT2D eigenvalue weighted by atomic mass is 32.2. The first-order valence-corrected chi connectivity index (χ1v) is 11.2. The van der Waals surface area contributed by atoms with E-state index in [1.807, 2.05) is 0 Å². The normalized spacial score (nSPS) is 27.3. The first kappa shape index (κ1) is 20.7. The molecule has 1 aromatic carbocycles. The molecule has 8 nitrogen and oxygen atoms in total. The van der Waals surface area contributed by atoms with Gasteiger partial charge < -0.3 is 19.5 Å². The van der Waals surface area contributed by atoms with E-state index in [0.717, 1.165) is 12.1 Å². The van der Waals surface area contributed by atoms with Crippen molar-refractivity contribution in [3.63, 3.8) is 0 Å². The molecule has 3 saturated heterocycles. The summed E-state index contributed by atoms with van der Waals surface area (Å²) >= 11 is 0. The number of hydrogen-bond donors (Lipinski definition) is 1. The van der Waals surface area contributed by atoms with Gasteiger partial charge in [0.2, 0.25) is 15.9 Å². The second-order valence-electron chi connectivity index (χ2n) is 7.61. The first-order valence-electron chi connectivity index (χ1n) is 9.80. The van der Waals surface area contributed by atoms with E-state index in [1.54, 1.807) is 0 Å². The van der Waals surface area contributed by atoms with Crippen LogP contribution in [0.3, 0.4) is 0 Å². The fraction of sp³-hybridized carbons (Fsp3) is 0.632. The largest absolute Gasteiger partial charge is 0.381 e. The number of nitrogens with one attached hydrogen (secondary N) is 1. The van der Waals surface area contributed by atoms with E-state index in [1.165, 1.54) is 16.4 Å². The van der Waals surface area contributed by atoms with Gasteiger partial charge in [0.25, 0.3) is 0 Å². The van der Waals surface area contributed by atoms with E-state index in [4.69, 9.17) is 14.2 Å². The van der Waals surface area contributed by atoms with E-state index < -0.39 is 28.0 Å². The predicted molar refractivity (Wildman–Crippen MR) is 100 cm³/mol. The maximum atomic E-state index is 13.1. The molecule has 1 aromatic rings. The molecule has 4 rings (SSSR count). The maximum Gasteiger partial charge on any atom is 0.243 e. The fourth-order valence-corrected chi connectivity index (χ4v) is 5.34. The molecule has 0 spiro atoms. The molecule has 0 aromatic heterocycles. The summed E-state index contributed by atoms with van der Waals surface area (Å²) in [5, 5.41) is 2.98. The van der Waals surface area contributed by atoms with Crippen LogP contribution in [0.2, 0.25) is 0 Å². The van der Waals surface area contributed by atoms with E-state index in [2.05, 4.69) is 5.32 Å². The van der Waals surface area contributed by atoms with E-state index >= 15 is 0 Å². The van der Waals surface area contributed by atoms with E-state index in [9.17, 15) is 17.6 Å². The van der Waals surface area contributed by atoms with Crippen LogP contribution in [0.5, 0.6) is 0 Å². The van der Waals surface area contributed by atoms with Gasteiger partial charge in [0.1, 0.15) is 5.82 Å². The number of fused-ring (bicyclic) bond motifs is 1. The van der Waals surface area contributed by atoms with Crippen molar-refractivity contribution in [1.82, 2.24) is 9.62 Å². The molecule has 2 atom stereocenters. The maximum absolute atomic E-state index is 13.1. The lowest BCUT2D eigenvalue weighted by molar-refractivity contribution is -0.129. The average Bonchev–Trinajstić information content (AvgIpc) is 3.06. The predicted octanol–water partition coefficient (Wildman–Crippen LogP) is 0.525. The van der Waals surface area contributed by atoms with Crippen LogP contribution < -0.4 is 5.32 Å². The number of rotatable bonds is 4. The van der Waals surface area contributed by atoms with Crippen molar-refractivity contribution in [3.05, 3.63) is 30.1 Å². The van der Waals surface area contributed by atoms with Crippen LogP contribution in [0.1, 0.15) is 12.8 Å². The Kier molecular flexibility index (Phi) is 6.16. The molecule has 1 amide bonds. The first-order chi connectivity index (χ1) is 13.9. The Hall–Kier alpha value is -1.59. The third kappa shape index (κ3) is 4.61. The minimum absolute atomic E-state index is 0.0157. The lowest BCUT2D eigenvalue weighted by Crippen LogP contribution is -2.45. The topological polar surface area (TPSA) is 94.2 Å². The highest BCUT2D eigenvalue weighted by Gasteiger charge is 2.43. The van der Waals surface area contributed by atoms with Gasteiger partial charge in [-0.05, 0) is 37.1 Å². The van der Waals surface area contributed by atoms with Crippen molar-refractivity contribution in [3.8, 4) is 0 Å². The lowest BCUT2D eigenvalue weighted by Gasteiger charge is -2.24. The summed E-state index contributed by atoms with van der Waals surface area (Å²) in [5.74, 6) is -0.558. The number of amides is 1. The zero-order chi connectivity index (χ0) is 20.4. The van der Waals surface area contributed by atoms with Crippen molar-refractivity contribution < 1.29 is 31.8 Å². The molecule has 0 unspecified atom stereocenters. The van der Waals surface area contributed by atoms with E-state index in [0.29, 0.717) is 26.1 Å². The second kappa shape index (κ2) is 8.65. The van der Waals surface area contributed by atoms with Gasteiger partial charge in [-0.2, -0.15) is 4.31 Å². The van der Waals surface area contributed by atoms with Gasteiger partial charge in [-0.25, -0.2) is 12.8 Å². The Morgan fingerprint density at radius 2 is 1.62 bits per heavy atom. The number of halogens is 1. The quantitative estimate of drug-likeness (QED) is 0.752. The fourth-order valence-electron chi connectivity index (χ4n) is 3.87. The van der Waals surface area contributed by atoms with Gasteiger partial charge in [-0.15, -0.1) is 0 Å². The molecular weight excluding hydrogens is 403 g/mol. The molecule has 0 bridgehead atoms. The summed E-state index contributed by atoms with van der Waals surface area (Å²) in [5.41, 5.74) is 0. The molecule has 3 heterocycles. The molecule has 160 valence electrons. The number of nitrogens with zero attached hydrogens (tertiary/aromatic N) is 1. The number of carbonyl (C=O) groups excluding carboxylic acids is 1. The number of ether oxygens (including phenoxy) is 3. The molecule has 0 aliphatic carbocycles. The minimum atomic E-state index is -3.75. The zero-order valence-electron chi connectivity index (χ0n) is 16.0. The Labute approximate surface area is 169 Å². The summed E-state index contributed by atoms with van der Waals surface area (Å²) in [6.45, 7) is 2.04. The average molecular weight is 428 g/mol. The summed E-state index contributed by atoms with van der Waals surface area (Å²) in [4.78, 5) is 12.4. The summed E-state index contributed by atoms with van der Waals surface area (Å²) in [6.07, 6.45) is 0.606. The van der Waals surface area contributed by atoms with Gasteiger partial charge >= 0.3 is 0 Å². The van der Waals surface area contributed by atoms with Crippen LogP contribution in [0.25, 0.3) is 0 Å². The van der Waals surface area contributed by atoms with Crippen molar-refractivity contribution in [2.45, 2.75) is 36.0 Å². The second-order valence-corrected chi connectivity index (χ2v) is 9.55. The molecule has 3 fully saturated rings. The molecule has 1 N–H and O–H groups in total. The lowest BCUT2D eigenvalue weighted by atomic mass is 9.99. The number of sulfonamides is 1. The Balaban J connectivity index is 1.33. The van der Waals surface area contributed by atoms with Crippen LogP contribution >= 0.6 is 0 Å². The van der Waals surface area contributed by atoms with Crippen LogP contribution in [0.4, 0.5) is 4.39 Å². The van der Waals surface area contributed by atoms with Crippen molar-refractivity contribution >= 4 is 15.9 Å². The molecule has 3 aliphatic rings. The van der Waals surface area contributed by atoms with Gasteiger partial charge in [0, 0.05) is 32.2 Å². The van der Waals surface area contributed by atoms with Crippen LogP contribution in [0, 0.1) is 11.7 Å². The van der Waals surface area contributed by atoms with Gasteiger partial charge in [0.05, 0.1) is 36.4 Å². The van der Waals surface area contributed by atoms with Crippen LogP contribution in [-0.2, 0) is 29.0 Å². The molecule has 0 radical (unpaired) electrons. The zero-order valence-corrected chi connectivity index (χ0v) is 16.8. The minimum Gasteiger partial charge on any atom is -0.381 e. The molecule has 0 saturated carbocycles. The van der Waals surface area contributed by atoms with Gasteiger partial charge in [-0.1, -0.05) is 0 Å². The highest BCUT2D eigenvalue weighted by molar-refractivity contribution is 7.89. The van der Waals surface area contributed by atoms with Gasteiger partial charge in [0.15, 0.2) is 0 Å². The van der Waals surface area contributed by atoms with Crippen LogP contribution in [0.15, 0.2) is 29.2 Å². The number of hydrogen-bond acceptors (Lipinski definition) is 6. The third-order valence-corrected chi connectivity index (χ3v) is 7.44.